The van der Waals surface area contributed by atoms with Gasteiger partial charge in [0.05, 0.1) is 5.75 Å². The number of rotatable bonds is 9. The Morgan fingerprint density at radius 2 is 2.15 bits per heavy atom. The molecule has 114 valence electrons. The van der Waals surface area contributed by atoms with Crippen molar-refractivity contribution in [1.82, 2.24) is 14.8 Å². The zero-order valence-electron chi connectivity index (χ0n) is 12.3. The molecule has 0 spiro atoms. The van der Waals surface area contributed by atoms with Crippen LogP contribution in [0.2, 0.25) is 0 Å². The predicted molar refractivity (Wildman–Crippen MR) is 79.1 cm³/mol. The molecule has 0 bridgehead atoms. The standard InChI is InChI=1S/C13H23N3O3S/c1-4-5-6-7-13(2,3)9-16-11(19)14-15-12(16)20-8-10(17)18/h4-9H2,1-3H3,(H,14,19)(H,17,18). The zero-order valence-corrected chi connectivity index (χ0v) is 13.1. The minimum absolute atomic E-state index is 0.0125. The third-order valence-corrected chi connectivity index (χ3v) is 4.05. The summed E-state index contributed by atoms with van der Waals surface area (Å²) in [4.78, 5) is 22.4. The number of aliphatic carboxylic acids is 1. The molecule has 0 amide bonds. The fourth-order valence-corrected chi connectivity index (χ4v) is 2.71. The molecule has 2 N–H and O–H groups in total. The molecule has 0 aliphatic rings. The van der Waals surface area contributed by atoms with Gasteiger partial charge in [-0.1, -0.05) is 51.8 Å². The van der Waals surface area contributed by atoms with Crippen LogP contribution in [-0.4, -0.2) is 31.6 Å². The molecule has 0 aliphatic heterocycles. The van der Waals surface area contributed by atoms with Gasteiger partial charge < -0.3 is 5.11 Å². The molecule has 20 heavy (non-hydrogen) atoms. The molecule has 1 rings (SSSR count). The lowest BCUT2D eigenvalue weighted by molar-refractivity contribution is -0.133. The summed E-state index contributed by atoms with van der Waals surface area (Å²) < 4.78 is 1.54. The van der Waals surface area contributed by atoms with E-state index in [1.54, 1.807) is 4.57 Å². The van der Waals surface area contributed by atoms with Gasteiger partial charge in [-0.3, -0.25) is 9.36 Å². The third kappa shape index (κ3) is 5.40. The van der Waals surface area contributed by atoms with E-state index in [0.29, 0.717) is 11.7 Å². The second kappa shape index (κ2) is 7.52. The average Bonchev–Trinajstić information content (AvgIpc) is 2.68. The number of carboxylic acid groups (broad SMARTS) is 1. The number of carbonyl (C=O) groups is 1. The predicted octanol–water partition coefficient (Wildman–Crippen LogP) is 2.35. The fourth-order valence-electron chi connectivity index (χ4n) is 2.04. The van der Waals surface area contributed by atoms with Gasteiger partial charge in [-0.15, -0.1) is 5.10 Å². The van der Waals surface area contributed by atoms with Gasteiger partial charge in [0.15, 0.2) is 5.16 Å². The SMILES string of the molecule is CCCCCC(C)(C)Cn1c(SCC(=O)O)n[nH]c1=O. The number of aromatic nitrogens is 3. The van der Waals surface area contributed by atoms with Gasteiger partial charge in [0.25, 0.3) is 0 Å². The summed E-state index contributed by atoms with van der Waals surface area (Å²) in [5.74, 6) is -1.01. The molecule has 0 fully saturated rings. The molecule has 0 aromatic carbocycles. The Hall–Kier alpha value is -1.24. The summed E-state index contributed by atoms with van der Waals surface area (Å²) >= 11 is 1.07. The zero-order chi connectivity index (χ0) is 15.2. The minimum Gasteiger partial charge on any atom is -0.481 e. The Labute approximate surface area is 123 Å². The van der Waals surface area contributed by atoms with Crippen molar-refractivity contribution in [1.29, 1.82) is 0 Å². The van der Waals surface area contributed by atoms with Crippen LogP contribution in [0.5, 0.6) is 0 Å². The van der Waals surface area contributed by atoms with Gasteiger partial charge >= 0.3 is 11.7 Å². The largest absolute Gasteiger partial charge is 0.481 e. The number of nitrogens with zero attached hydrogens (tertiary/aromatic N) is 2. The summed E-state index contributed by atoms with van der Waals surface area (Å²) in [6, 6.07) is 0. The van der Waals surface area contributed by atoms with E-state index in [9.17, 15) is 9.59 Å². The topological polar surface area (TPSA) is 88.0 Å². The minimum atomic E-state index is -0.917. The van der Waals surface area contributed by atoms with Gasteiger partial charge in [-0.25, -0.2) is 9.89 Å². The van der Waals surface area contributed by atoms with Crippen molar-refractivity contribution < 1.29 is 9.90 Å². The van der Waals surface area contributed by atoms with Crippen LogP contribution in [0.4, 0.5) is 0 Å². The van der Waals surface area contributed by atoms with Gasteiger partial charge in [0.1, 0.15) is 0 Å². The molecule has 1 aromatic heterocycles. The molecule has 0 saturated heterocycles. The number of hydrogen-bond donors (Lipinski definition) is 2. The molecule has 1 aromatic rings. The molecule has 1 heterocycles. The lowest BCUT2D eigenvalue weighted by Gasteiger charge is -2.25. The maximum Gasteiger partial charge on any atom is 0.343 e. The summed E-state index contributed by atoms with van der Waals surface area (Å²) in [7, 11) is 0. The summed E-state index contributed by atoms with van der Waals surface area (Å²) in [5.41, 5.74) is -0.289. The number of thioether (sulfide) groups is 1. The van der Waals surface area contributed by atoms with Crippen molar-refractivity contribution in [2.75, 3.05) is 5.75 Å². The average molecular weight is 301 g/mol. The second-order valence-electron chi connectivity index (χ2n) is 5.70. The second-order valence-corrected chi connectivity index (χ2v) is 6.64. The maximum absolute atomic E-state index is 11.8. The van der Waals surface area contributed by atoms with Crippen LogP contribution in [0.3, 0.4) is 0 Å². The summed E-state index contributed by atoms with van der Waals surface area (Å²) in [6.45, 7) is 6.95. The highest BCUT2D eigenvalue weighted by atomic mass is 32.2. The molecule has 6 nitrogen and oxygen atoms in total. The van der Waals surface area contributed by atoms with E-state index in [1.807, 2.05) is 0 Å². The lowest BCUT2D eigenvalue weighted by atomic mass is 9.87. The number of unbranched alkanes of at least 4 members (excludes halogenated alkanes) is 2. The highest BCUT2D eigenvalue weighted by Gasteiger charge is 2.22. The van der Waals surface area contributed by atoms with Crippen molar-refractivity contribution in [3.63, 3.8) is 0 Å². The van der Waals surface area contributed by atoms with E-state index in [2.05, 4.69) is 31.0 Å². The fraction of sp³-hybridized carbons (Fsp3) is 0.769. The first-order valence-electron chi connectivity index (χ1n) is 6.85. The third-order valence-electron chi connectivity index (χ3n) is 3.09. The monoisotopic (exact) mass is 301 g/mol. The van der Waals surface area contributed by atoms with Crippen LogP contribution in [0, 0.1) is 5.41 Å². The first kappa shape index (κ1) is 16.8. The van der Waals surface area contributed by atoms with E-state index in [-0.39, 0.29) is 16.9 Å². The van der Waals surface area contributed by atoms with Crippen LogP contribution < -0.4 is 5.69 Å². The molecule has 0 saturated carbocycles. The quantitative estimate of drug-likeness (QED) is 0.540. The Morgan fingerprint density at radius 3 is 2.75 bits per heavy atom. The van der Waals surface area contributed by atoms with E-state index in [0.717, 1.165) is 24.6 Å². The summed E-state index contributed by atoms with van der Waals surface area (Å²) in [6.07, 6.45) is 4.51. The number of aromatic amines is 1. The van der Waals surface area contributed by atoms with Gasteiger partial charge in [-0.05, 0) is 11.8 Å². The van der Waals surface area contributed by atoms with Crippen LogP contribution in [0.15, 0.2) is 9.95 Å². The van der Waals surface area contributed by atoms with Crippen molar-refractivity contribution >= 4 is 17.7 Å². The highest BCUT2D eigenvalue weighted by Crippen LogP contribution is 2.27. The van der Waals surface area contributed by atoms with Gasteiger partial charge in [0.2, 0.25) is 0 Å². The lowest BCUT2D eigenvalue weighted by Crippen LogP contribution is -2.27. The maximum atomic E-state index is 11.8. The van der Waals surface area contributed by atoms with E-state index >= 15 is 0 Å². The molecular weight excluding hydrogens is 278 g/mol. The Balaban J connectivity index is 2.72. The van der Waals surface area contributed by atoms with E-state index in [1.165, 1.54) is 12.8 Å². The number of carboxylic acids is 1. The van der Waals surface area contributed by atoms with Crippen LogP contribution in [0.25, 0.3) is 0 Å². The van der Waals surface area contributed by atoms with Crippen molar-refractivity contribution in [2.24, 2.45) is 5.41 Å². The van der Waals surface area contributed by atoms with Gasteiger partial charge in [0, 0.05) is 6.54 Å². The smallest absolute Gasteiger partial charge is 0.343 e. The Kier molecular flexibility index (Phi) is 6.32. The normalized spacial score (nSPS) is 11.8. The summed E-state index contributed by atoms with van der Waals surface area (Å²) in [5, 5.41) is 15.4. The molecule has 0 unspecified atom stereocenters. The molecule has 0 radical (unpaired) electrons. The first-order chi connectivity index (χ1) is 9.35. The van der Waals surface area contributed by atoms with Gasteiger partial charge in [-0.2, -0.15) is 0 Å². The van der Waals surface area contributed by atoms with Crippen molar-refractivity contribution in [3.8, 4) is 0 Å². The van der Waals surface area contributed by atoms with E-state index < -0.39 is 5.97 Å². The van der Waals surface area contributed by atoms with Crippen molar-refractivity contribution in [3.05, 3.63) is 10.5 Å². The first-order valence-corrected chi connectivity index (χ1v) is 7.84. The molecule has 7 heteroatoms. The number of nitrogens with one attached hydrogen (secondary N) is 1. The number of H-pyrrole nitrogens is 1. The van der Waals surface area contributed by atoms with Crippen LogP contribution >= 0.6 is 11.8 Å². The Bertz CT molecular complexity index is 493. The number of hydrogen-bond acceptors (Lipinski definition) is 4. The molecular formula is C13H23N3O3S. The van der Waals surface area contributed by atoms with E-state index in [4.69, 9.17) is 5.11 Å². The van der Waals surface area contributed by atoms with Crippen LogP contribution in [-0.2, 0) is 11.3 Å². The highest BCUT2D eigenvalue weighted by molar-refractivity contribution is 7.99. The molecule has 0 atom stereocenters. The Morgan fingerprint density at radius 1 is 1.45 bits per heavy atom. The van der Waals surface area contributed by atoms with Crippen molar-refractivity contribution in [2.45, 2.75) is 58.2 Å². The van der Waals surface area contributed by atoms with Crippen LogP contribution in [0.1, 0.15) is 46.5 Å². The molecule has 0 aliphatic carbocycles.